The van der Waals surface area contributed by atoms with E-state index >= 15 is 0 Å². The third kappa shape index (κ3) is 4.77. The SMILES string of the molecule is CC(C)Cc1cccc(C(O)CC(F)(F)C(F)(F)C(F)(F)C(F)(F)C(F)(F)F)c1. The Labute approximate surface area is 158 Å². The van der Waals surface area contributed by atoms with Crippen molar-refractivity contribution in [1.29, 1.82) is 0 Å². The van der Waals surface area contributed by atoms with Gasteiger partial charge in [-0.3, -0.25) is 0 Å². The van der Waals surface area contributed by atoms with Gasteiger partial charge < -0.3 is 5.11 Å². The smallest absolute Gasteiger partial charge is 0.388 e. The minimum Gasteiger partial charge on any atom is -0.388 e. The maximum Gasteiger partial charge on any atom is 0.460 e. The summed E-state index contributed by atoms with van der Waals surface area (Å²) in [5.74, 6) is -28.1. The first-order valence-corrected chi connectivity index (χ1v) is 8.13. The summed E-state index contributed by atoms with van der Waals surface area (Å²) < 4.78 is 143. The monoisotopic (exact) mass is 446 g/mol. The van der Waals surface area contributed by atoms with Crippen LogP contribution in [0.25, 0.3) is 0 Å². The molecule has 0 radical (unpaired) electrons. The second-order valence-electron chi connectivity index (χ2n) is 6.99. The first-order valence-electron chi connectivity index (χ1n) is 8.13. The van der Waals surface area contributed by atoms with Crippen molar-refractivity contribution in [2.75, 3.05) is 0 Å². The Morgan fingerprint density at radius 2 is 1.31 bits per heavy atom. The van der Waals surface area contributed by atoms with Gasteiger partial charge in [-0.1, -0.05) is 38.1 Å². The lowest BCUT2D eigenvalue weighted by atomic mass is 9.91. The van der Waals surface area contributed by atoms with Crippen molar-refractivity contribution in [1.82, 2.24) is 0 Å². The lowest BCUT2D eigenvalue weighted by Gasteiger charge is -2.37. The van der Waals surface area contributed by atoms with E-state index in [4.69, 9.17) is 0 Å². The van der Waals surface area contributed by atoms with Crippen LogP contribution in [0, 0.1) is 5.92 Å². The molecule has 168 valence electrons. The summed E-state index contributed by atoms with van der Waals surface area (Å²) in [6.45, 7) is 3.56. The van der Waals surface area contributed by atoms with Gasteiger partial charge in [0.1, 0.15) is 0 Å². The molecule has 0 aliphatic carbocycles. The van der Waals surface area contributed by atoms with Gasteiger partial charge in [0.25, 0.3) is 0 Å². The van der Waals surface area contributed by atoms with E-state index in [0.29, 0.717) is 12.0 Å². The molecule has 0 spiro atoms. The van der Waals surface area contributed by atoms with Crippen LogP contribution in [0.5, 0.6) is 0 Å². The van der Waals surface area contributed by atoms with E-state index in [9.17, 15) is 53.4 Å². The molecular weight excluding hydrogens is 429 g/mol. The normalized spacial score (nSPS) is 15.7. The molecule has 1 unspecified atom stereocenters. The molecule has 0 saturated carbocycles. The van der Waals surface area contributed by atoms with Gasteiger partial charge in [0.05, 0.1) is 6.10 Å². The van der Waals surface area contributed by atoms with Crippen LogP contribution >= 0.6 is 0 Å². The molecular formula is C17H17F11O. The fourth-order valence-electron chi connectivity index (χ4n) is 2.49. The van der Waals surface area contributed by atoms with E-state index in [1.54, 1.807) is 13.8 Å². The van der Waals surface area contributed by atoms with Crippen molar-refractivity contribution >= 4 is 0 Å². The van der Waals surface area contributed by atoms with Gasteiger partial charge in [0.2, 0.25) is 0 Å². The highest BCUT2D eigenvalue weighted by atomic mass is 19.4. The number of hydrogen-bond acceptors (Lipinski definition) is 1. The van der Waals surface area contributed by atoms with Gasteiger partial charge in [0.15, 0.2) is 0 Å². The Hall–Kier alpha value is -1.59. The maximum absolute atomic E-state index is 13.8. The van der Waals surface area contributed by atoms with Crippen LogP contribution in [-0.4, -0.2) is 35.0 Å². The molecule has 0 amide bonds. The number of aliphatic hydroxyl groups is 1. The van der Waals surface area contributed by atoms with Crippen LogP contribution in [0.4, 0.5) is 48.3 Å². The Balaban J connectivity index is 3.20. The van der Waals surface area contributed by atoms with E-state index in [0.717, 1.165) is 12.1 Å². The number of hydrogen-bond donors (Lipinski definition) is 1. The highest BCUT2D eigenvalue weighted by Crippen LogP contribution is 2.58. The van der Waals surface area contributed by atoms with Crippen LogP contribution < -0.4 is 0 Å². The molecule has 0 aliphatic rings. The Morgan fingerprint density at radius 1 is 0.793 bits per heavy atom. The quantitative estimate of drug-likeness (QED) is 0.458. The standard InChI is InChI=1S/C17H17F11O/c1-9(2)6-10-4-3-5-11(7-10)12(29)8-13(18,19)14(20,21)15(22,23)16(24,25)17(26,27)28/h3-5,7,9,12,29H,6,8H2,1-2H3. The summed E-state index contributed by atoms with van der Waals surface area (Å²) in [6, 6.07) is 4.85. The first kappa shape index (κ1) is 25.4. The van der Waals surface area contributed by atoms with Gasteiger partial charge in [-0.2, -0.15) is 48.3 Å². The number of halogens is 11. The highest BCUT2D eigenvalue weighted by Gasteiger charge is 2.87. The first-order chi connectivity index (χ1) is 12.8. The van der Waals surface area contributed by atoms with Crippen LogP contribution in [0.3, 0.4) is 0 Å². The molecule has 0 aromatic heterocycles. The molecule has 12 heteroatoms. The van der Waals surface area contributed by atoms with Crippen molar-refractivity contribution in [3.8, 4) is 0 Å². The third-order valence-electron chi connectivity index (χ3n) is 4.03. The lowest BCUT2D eigenvalue weighted by Crippen LogP contribution is -2.66. The van der Waals surface area contributed by atoms with E-state index < -0.39 is 48.0 Å². The van der Waals surface area contributed by atoms with Crippen molar-refractivity contribution in [3.05, 3.63) is 35.4 Å². The Kier molecular flexibility index (Phi) is 6.95. The largest absolute Gasteiger partial charge is 0.460 e. The molecule has 1 atom stereocenters. The van der Waals surface area contributed by atoms with Gasteiger partial charge in [-0.05, 0) is 23.5 Å². The van der Waals surface area contributed by atoms with Crippen LogP contribution in [-0.2, 0) is 6.42 Å². The van der Waals surface area contributed by atoms with Crippen LogP contribution in [0.1, 0.15) is 37.5 Å². The summed E-state index contributed by atoms with van der Waals surface area (Å²) in [6.07, 6.45) is -11.9. The minimum absolute atomic E-state index is 0.0662. The topological polar surface area (TPSA) is 20.2 Å². The van der Waals surface area contributed by atoms with Crippen molar-refractivity contribution < 1.29 is 53.4 Å². The van der Waals surface area contributed by atoms with Crippen LogP contribution in [0.2, 0.25) is 0 Å². The number of aliphatic hydroxyl groups excluding tert-OH is 1. The number of benzene rings is 1. The van der Waals surface area contributed by atoms with E-state index in [2.05, 4.69) is 0 Å². The highest BCUT2D eigenvalue weighted by molar-refractivity contribution is 5.26. The zero-order chi connectivity index (χ0) is 23.1. The molecule has 0 aliphatic heterocycles. The van der Waals surface area contributed by atoms with Gasteiger partial charge in [0, 0.05) is 6.42 Å². The van der Waals surface area contributed by atoms with Gasteiger partial charge >= 0.3 is 29.9 Å². The second-order valence-corrected chi connectivity index (χ2v) is 6.99. The predicted octanol–water partition coefficient (Wildman–Crippen LogP) is 6.41. The molecule has 1 N–H and O–H groups in total. The predicted molar refractivity (Wildman–Crippen MR) is 80.4 cm³/mol. The lowest BCUT2D eigenvalue weighted by molar-refractivity contribution is -0.423. The minimum atomic E-state index is -7.47. The zero-order valence-corrected chi connectivity index (χ0v) is 15.0. The molecule has 0 fully saturated rings. The molecule has 0 saturated heterocycles. The van der Waals surface area contributed by atoms with Gasteiger partial charge in [-0.15, -0.1) is 0 Å². The summed E-state index contributed by atoms with van der Waals surface area (Å²) in [5.41, 5.74) is 0.0603. The second kappa shape index (κ2) is 7.92. The Morgan fingerprint density at radius 3 is 1.76 bits per heavy atom. The van der Waals surface area contributed by atoms with Crippen molar-refractivity contribution in [2.24, 2.45) is 5.92 Å². The maximum atomic E-state index is 13.8. The van der Waals surface area contributed by atoms with E-state index in [-0.39, 0.29) is 5.92 Å². The van der Waals surface area contributed by atoms with Gasteiger partial charge in [-0.25, -0.2) is 0 Å². The molecule has 1 aromatic rings. The summed E-state index contributed by atoms with van der Waals surface area (Å²) in [7, 11) is 0. The van der Waals surface area contributed by atoms with Crippen molar-refractivity contribution in [2.45, 2.75) is 62.7 Å². The average molecular weight is 446 g/mol. The summed E-state index contributed by atoms with van der Waals surface area (Å²) >= 11 is 0. The fourth-order valence-corrected chi connectivity index (χ4v) is 2.49. The average Bonchev–Trinajstić information content (AvgIpc) is 2.52. The number of rotatable bonds is 8. The summed E-state index contributed by atoms with van der Waals surface area (Å²) in [4.78, 5) is 0. The molecule has 1 aromatic carbocycles. The van der Waals surface area contributed by atoms with Crippen LogP contribution in [0.15, 0.2) is 24.3 Å². The zero-order valence-electron chi connectivity index (χ0n) is 15.0. The Bertz CT molecular complexity index is 695. The van der Waals surface area contributed by atoms with E-state index in [1.165, 1.54) is 12.1 Å². The van der Waals surface area contributed by atoms with E-state index in [1.807, 2.05) is 0 Å². The number of alkyl halides is 11. The third-order valence-corrected chi connectivity index (χ3v) is 4.03. The molecule has 0 bridgehead atoms. The molecule has 1 nitrogen and oxygen atoms in total. The molecule has 29 heavy (non-hydrogen) atoms. The molecule has 1 rings (SSSR count). The molecule has 0 heterocycles. The summed E-state index contributed by atoms with van der Waals surface area (Å²) in [5, 5.41) is 9.74. The fraction of sp³-hybridized carbons (Fsp3) is 0.647. The van der Waals surface area contributed by atoms with Crippen molar-refractivity contribution in [3.63, 3.8) is 0 Å².